The van der Waals surface area contributed by atoms with Crippen molar-refractivity contribution >= 4 is 38.8 Å². The van der Waals surface area contributed by atoms with Crippen LogP contribution in [0.2, 0.25) is 0 Å². The van der Waals surface area contributed by atoms with E-state index in [0.29, 0.717) is 4.47 Å². The van der Waals surface area contributed by atoms with E-state index in [2.05, 4.69) is 20.7 Å². The molecule has 1 atom stereocenters. The molecule has 0 aliphatic rings. The standard InChI is InChI=1S/C14H14BrF4NO2S/c1-13(2,3)23(22)20-11(8-5-4-6-9(15)7-8)10(16)12(21)14(17,18)19/h4-7,20H,1-3H3/b11-10+/t23-/m1/s1. The van der Waals surface area contributed by atoms with Crippen molar-refractivity contribution in [2.24, 2.45) is 0 Å². The fraction of sp³-hybridized carbons (Fsp3) is 0.357. The largest absolute Gasteiger partial charge is 0.593 e. The summed E-state index contributed by atoms with van der Waals surface area (Å²) in [5, 5.41) is 0. The molecule has 0 spiro atoms. The Hall–Kier alpha value is -1.06. The predicted molar refractivity (Wildman–Crippen MR) is 84.3 cm³/mol. The van der Waals surface area contributed by atoms with Crippen molar-refractivity contribution in [3.05, 3.63) is 40.1 Å². The van der Waals surface area contributed by atoms with E-state index in [1.807, 2.05) is 0 Å². The Kier molecular flexibility index (Phi) is 6.28. The number of carbonyl (C=O) groups is 1. The Labute approximate surface area is 142 Å². The van der Waals surface area contributed by atoms with Crippen LogP contribution in [0.4, 0.5) is 17.6 Å². The summed E-state index contributed by atoms with van der Waals surface area (Å²) in [6.45, 7) is 4.66. The van der Waals surface area contributed by atoms with Crippen molar-refractivity contribution in [1.29, 1.82) is 0 Å². The summed E-state index contributed by atoms with van der Waals surface area (Å²) in [6.07, 6.45) is -5.37. The minimum Gasteiger partial charge on any atom is -0.593 e. The van der Waals surface area contributed by atoms with Gasteiger partial charge in [-0.25, -0.2) is 9.11 Å². The van der Waals surface area contributed by atoms with Gasteiger partial charge in [0, 0.05) is 10.0 Å². The minimum absolute atomic E-state index is 0.0351. The average Bonchev–Trinajstić information content (AvgIpc) is 2.40. The van der Waals surface area contributed by atoms with Gasteiger partial charge in [-0.15, -0.1) is 0 Å². The molecular weight excluding hydrogens is 402 g/mol. The second kappa shape index (κ2) is 7.23. The molecule has 0 radical (unpaired) electrons. The summed E-state index contributed by atoms with van der Waals surface area (Å²) in [5.41, 5.74) is -0.797. The predicted octanol–water partition coefficient (Wildman–Crippen LogP) is 4.27. The zero-order valence-electron chi connectivity index (χ0n) is 12.4. The number of ketones is 1. The Morgan fingerprint density at radius 3 is 2.26 bits per heavy atom. The van der Waals surface area contributed by atoms with E-state index in [-0.39, 0.29) is 5.56 Å². The van der Waals surface area contributed by atoms with E-state index in [0.717, 1.165) is 0 Å². The van der Waals surface area contributed by atoms with Crippen LogP contribution >= 0.6 is 15.9 Å². The molecule has 0 aliphatic heterocycles. The first-order valence-electron chi connectivity index (χ1n) is 6.30. The number of carbonyl (C=O) groups excluding carboxylic acids is 1. The normalized spacial score (nSPS) is 15.0. The van der Waals surface area contributed by atoms with Gasteiger partial charge in [-0.1, -0.05) is 28.1 Å². The molecule has 0 heterocycles. The minimum atomic E-state index is -5.37. The maximum Gasteiger partial charge on any atom is 0.457 e. The topological polar surface area (TPSA) is 52.2 Å². The number of halogens is 5. The van der Waals surface area contributed by atoms with Crippen LogP contribution in [-0.2, 0) is 16.2 Å². The molecule has 0 bridgehead atoms. The van der Waals surface area contributed by atoms with Crippen molar-refractivity contribution in [3.8, 4) is 0 Å². The first-order valence-corrected chi connectivity index (χ1v) is 8.24. The zero-order chi connectivity index (χ0) is 18.0. The Bertz CT molecular complexity index is 626. The first-order chi connectivity index (χ1) is 10.3. The zero-order valence-corrected chi connectivity index (χ0v) is 14.8. The van der Waals surface area contributed by atoms with Crippen LogP contribution in [-0.4, -0.2) is 21.3 Å². The van der Waals surface area contributed by atoms with Gasteiger partial charge in [-0.2, -0.15) is 13.2 Å². The van der Waals surface area contributed by atoms with Crippen LogP contribution < -0.4 is 4.72 Å². The molecule has 9 heteroatoms. The smallest absolute Gasteiger partial charge is 0.457 e. The SMILES string of the molecule is CC(C)(C)[S@@+]([O-])N/C(=C(/F)C(=O)C(F)(F)F)c1cccc(Br)c1. The monoisotopic (exact) mass is 415 g/mol. The summed E-state index contributed by atoms with van der Waals surface area (Å²) < 4.78 is 65.5. The Balaban J connectivity index is 3.40. The van der Waals surface area contributed by atoms with Gasteiger partial charge in [0.05, 0.1) is 11.4 Å². The molecule has 1 aromatic rings. The maximum atomic E-state index is 14.1. The van der Waals surface area contributed by atoms with Gasteiger partial charge < -0.3 is 4.55 Å². The van der Waals surface area contributed by atoms with Crippen LogP contribution in [0.25, 0.3) is 5.70 Å². The number of allylic oxidation sites excluding steroid dienone is 1. The van der Waals surface area contributed by atoms with Gasteiger partial charge in [-0.3, -0.25) is 4.79 Å². The third-order valence-electron chi connectivity index (χ3n) is 2.54. The molecule has 0 aromatic heterocycles. The number of hydrogen-bond acceptors (Lipinski definition) is 3. The van der Waals surface area contributed by atoms with Crippen molar-refractivity contribution in [2.45, 2.75) is 31.7 Å². The molecule has 128 valence electrons. The third-order valence-corrected chi connectivity index (χ3v) is 4.54. The summed E-state index contributed by atoms with van der Waals surface area (Å²) in [5.74, 6) is -4.67. The summed E-state index contributed by atoms with van der Waals surface area (Å²) in [6, 6.07) is 5.64. The molecule has 1 N–H and O–H groups in total. The van der Waals surface area contributed by atoms with Crippen molar-refractivity contribution < 1.29 is 26.9 Å². The fourth-order valence-electron chi connectivity index (χ4n) is 1.36. The number of rotatable bonds is 4. The summed E-state index contributed by atoms with van der Waals surface area (Å²) >= 11 is 1.18. The van der Waals surface area contributed by atoms with Crippen molar-refractivity contribution in [1.82, 2.24) is 4.72 Å². The molecule has 0 amide bonds. The number of nitrogens with one attached hydrogen (secondary N) is 1. The first kappa shape index (κ1) is 20.0. The van der Waals surface area contributed by atoms with Crippen molar-refractivity contribution in [3.63, 3.8) is 0 Å². The molecule has 0 aliphatic carbocycles. The highest BCUT2D eigenvalue weighted by Crippen LogP contribution is 2.29. The second-order valence-electron chi connectivity index (χ2n) is 5.51. The highest BCUT2D eigenvalue weighted by atomic mass is 79.9. The van der Waals surface area contributed by atoms with E-state index >= 15 is 0 Å². The maximum absolute atomic E-state index is 14.1. The molecule has 0 fully saturated rings. The lowest BCUT2D eigenvalue weighted by Gasteiger charge is -2.25. The Morgan fingerprint density at radius 1 is 1.26 bits per heavy atom. The van der Waals surface area contributed by atoms with Crippen LogP contribution in [0.5, 0.6) is 0 Å². The number of hydrogen-bond donors (Lipinski definition) is 1. The van der Waals surface area contributed by atoms with E-state index in [4.69, 9.17) is 0 Å². The molecule has 1 aromatic carbocycles. The quantitative estimate of drug-likeness (QED) is 0.453. The van der Waals surface area contributed by atoms with Gasteiger partial charge in [-0.05, 0) is 32.9 Å². The van der Waals surface area contributed by atoms with E-state index in [1.54, 1.807) is 26.8 Å². The molecule has 3 nitrogen and oxygen atoms in total. The highest BCUT2D eigenvalue weighted by Gasteiger charge is 2.43. The molecule has 0 saturated heterocycles. The number of Topliss-reactive ketones (excluding diaryl/α,β-unsaturated/α-hetero) is 1. The summed E-state index contributed by atoms with van der Waals surface area (Å²) in [4.78, 5) is 11.2. The Morgan fingerprint density at radius 2 is 1.83 bits per heavy atom. The number of benzene rings is 1. The summed E-state index contributed by atoms with van der Waals surface area (Å²) in [7, 11) is 0. The lowest BCUT2D eigenvalue weighted by Crippen LogP contribution is -2.39. The molecule has 0 unspecified atom stereocenters. The van der Waals surface area contributed by atoms with Gasteiger partial charge in [0.25, 0.3) is 5.78 Å². The van der Waals surface area contributed by atoms with Gasteiger partial charge in [0.2, 0.25) is 5.83 Å². The van der Waals surface area contributed by atoms with E-state index in [9.17, 15) is 26.9 Å². The van der Waals surface area contributed by atoms with E-state index < -0.39 is 39.6 Å². The average molecular weight is 416 g/mol. The molecule has 0 saturated carbocycles. The van der Waals surface area contributed by atoms with Crippen LogP contribution in [0.3, 0.4) is 0 Å². The van der Waals surface area contributed by atoms with Crippen LogP contribution in [0.1, 0.15) is 26.3 Å². The fourth-order valence-corrected chi connectivity index (χ4v) is 2.46. The second-order valence-corrected chi connectivity index (χ2v) is 8.39. The molecule has 23 heavy (non-hydrogen) atoms. The lowest BCUT2D eigenvalue weighted by molar-refractivity contribution is -0.168. The van der Waals surface area contributed by atoms with Gasteiger partial charge >= 0.3 is 6.18 Å². The van der Waals surface area contributed by atoms with Gasteiger partial charge in [0.1, 0.15) is 10.4 Å². The molecule has 1 rings (SSSR count). The van der Waals surface area contributed by atoms with E-state index in [1.165, 1.54) is 18.2 Å². The van der Waals surface area contributed by atoms with Crippen molar-refractivity contribution in [2.75, 3.05) is 0 Å². The highest BCUT2D eigenvalue weighted by molar-refractivity contribution is 9.10. The van der Waals surface area contributed by atoms with Crippen LogP contribution in [0, 0.1) is 0 Å². The lowest BCUT2D eigenvalue weighted by atomic mass is 10.1. The van der Waals surface area contributed by atoms with Crippen LogP contribution in [0.15, 0.2) is 34.6 Å². The number of alkyl halides is 3. The molecular formula is C14H14BrF4NO2S. The van der Waals surface area contributed by atoms with Gasteiger partial charge in [0.15, 0.2) is 0 Å². The third kappa shape index (κ3) is 5.50.